The molecule has 1 heterocycles. The van der Waals surface area contributed by atoms with E-state index in [9.17, 15) is 19.2 Å². The van der Waals surface area contributed by atoms with Gasteiger partial charge in [0.15, 0.2) is 0 Å². The van der Waals surface area contributed by atoms with Crippen molar-refractivity contribution in [1.29, 1.82) is 0 Å². The van der Waals surface area contributed by atoms with E-state index in [1.165, 1.54) is 7.11 Å². The summed E-state index contributed by atoms with van der Waals surface area (Å²) in [6.07, 6.45) is 1.76. The molecule has 23 heavy (non-hydrogen) atoms. The third kappa shape index (κ3) is 6.64. The summed E-state index contributed by atoms with van der Waals surface area (Å²) in [7, 11) is 1.21. The van der Waals surface area contributed by atoms with Gasteiger partial charge < -0.3 is 20.7 Å². The predicted octanol–water partition coefficient (Wildman–Crippen LogP) is -2.01. The van der Waals surface area contributed by atoms with E-state index in [1.807, 2.05) is 6.92 Å². The first-order valence-corrected chi connectivity index (χ1v) is 7.59. The van der Waals surface area contributed by atoms with Gasteiger partial charge >= 0.3 is 5.97 Å². The lowest BCUT2D eigenvalue weighted by Gasteiger charge is -2.21. The molecule has 3 amide bonds. The zero-order chi connectivity index (χ0) is 17.2. The normalized spacial score (nSPS) is 17.4. The van der Waals surface area contributed by atoms with Gasteiger partial charge in [0.05, 0.1) is 26.2 Å². The summed E-state index contributed by atoms with van der Waals surface area (Å²) >= 11 is 0. The summed E-state index contributed by atoms with van der Waals surface area (Å²) in [6.45, 7) is 2.97. The van der Waals surface area contributed by atoms with Crippen molar-refractivity contribution in [2.75, 3.05) is 39.8 Å². The monoisotopic (exact) mass is 328 g/mol. The lowest BCUT2D eigenvalue weighted by molar-refractivity contribution is -0.141. The molecule has 9 heteroatoms. The zero-order valence-electron chi connectivity index (χ0n) is 13.5. The number of rotatable bonds is 8. The van der Waals surface area contributed by atoms with Crippen LogP contribution in [-0.2, 0) is 23.9 Å². The maximum atomic E-state index is 12.0. The fourth-order valence-electron chi connectivity index (χ4n) is 2.33. The van der Waals surface area contributed by atoms with E-state index < -0.39 is 17.8 Å². The number of nitrogens with one attached hydrogen (secondary N) is 3. The first-order chi connectivity index (χ1) is 11.0. The van der Waals surface area contributed by atoms with Crippen molar-refractivity contribution in [2.45, 2.75) is 25.8 Å². The van der Waals surface area contributed by atoms with E-state index in [0.717, 1.165) is 25.9 Å². The number of likely N-dealkylation sites (N-methyl/N-ethyl adjacent to an activating group) is 1. The van der Waals surface area contributed by atoms with E-state index in [-0.39, 0.29) is 31.6 Å². The minimum atomic E-state index is -0.575. The SMILES string of the molecule is CCN1CCC[C@@H]1C(=O)NCC(=O)NCC(=O)NCC(=O)OC. The summed E-state index contributed by atoms with van der Waals surface area (Å²) in [5.74, 6) is -1.72. The molecule has 0 aromatic heterocycles. The summed E-state index contributed by atoms with van der Waals surface area (Å²) in [5, 5.41) is 7.23. The number of nitrogens with zero attached hydrogens (tertiary/aromatic N) is 1. The van der Waals surface area contributed by atoms with Crippen LogP contribution in [0.3, 0.4) is 0 Å². The Morgan fingerprint density at radius 2 is 1.65 bits per heavy atom. The highest BCUT2D eigenvalue weighted by Crippen LogP contribution is 2.16. The van der Waals surface area contributed by atoms with E-state index in [4.69, 9.17) is 0 Å². The van der Waals surface area contributed by atoms with Crippen LogP contribution >= 0.6 is 0 Å². The summed E-state index contributed by atoms with van der Waals surface area (Å²) in [6, 6.07) is -0.184. The molecule has 0 bridgehead atoms. The fraction of sp³-hybridized carbons (Fsp3) is 0.714. The van der Waals surface area contributed by atoms with Gasteiger partial charge in [-0.05, 0) is 25.9 Å². The van der Waals surface area contributed by atoms with Crippen LogP contribution in [0, 0.1) is 0 Å². The van der Waals surface area contributed by atoms with Crippen molar-refractivity contribution in [3.63, 3.8) is 0 Å². The third-order valence-corrected chi connectivity index (χ3v) is 3.60. The molecular formula is C14H24N4O5. The smallest absolute Gasteiger partial charge is 0.325 e. The van der Waals surface area contributed by atoms with Gasteiger partial charge in [-0.1, -0.05) is 6.92 Å². The number of carbonyl (C=O) groups excluding carboxylic acids is 4. The minimum Gasteiger partial charge on any atom is -0.468 e. The molecule has 0 aromatic rings. The van der Waals surface area contributed by atoms with Gasteiger partial charge in [-0.2, -0.15) is 0 Å². The van der Waals surface area contributed by atoms with E-state index in [0.29, 0.717) is 0 Å². The van der Waals surface area contributed by atoms with Crippen LogP contribution in [0.15, 0.2) is 0 Å². The maximum absolute atomic E-state index is 12.0. The van der Waals surface area contributed by atoms with Gasteiger partial charge in [-0.15, -0.1) is 0 Å². The first-order valence-electron chi connectivity index (χ1n) is 7.59. The molecule has 0 aliphatic carbocycles. The molecule has 9 nitrogen and oxygen atoms in total. The standard InChI is InChI=1S/C14H24N4O5/c1-3-18-6-4-5-10(18)14(22)17-8-12(20)15-7-11(19)16-9-13(21)23-2/h10H,3-9H2,1-2H3,(H,15,20)(H,16,19)(H,17,22)/t10-/m1/s1. The van der Waals surface area contributed by atoms with E-state index in [2.05, 4.69) is 25.6 Å². The Morgan fingerprint density at radius 3 is 2.26 bits per heavy atom. The molecule has 1 rings (SSSR count). The second-order valence-corrected chi connectivity index (χ2v) is 5.13. The highest BCUT2D eigenvalue weighted by Gasteiger charge is 2.29. The quantitative estimate of drug-likeness (QED) is 0.443. The number of hydrogen-bond acceptors (Lipinski definition) is 6. The second-order valence-electron chi connectivity index (χ2n) is 5.13. The highest BCUT2D eigenvalue weighted by molar-refractivity contribution is 5.90. The lowest BCUT2D eigenvalue weighted by Crippen LogP contribution is -2.47. The molecule has 0 saturated carbocycles. The van der Waals surface area contributed by atoms with Crippen molar-refractivity contribution in [2.24, 2.45) is 0 Å². The Hall–Kier alpha value is -2.16. The highest BCUT2D eigenvalue weighted by atomic mass is 16.5. The Morgan fingerprint density at radius 1 is 1.04 bits per heavy atom. The van der Waals surface area contributed by atoms with E-state index in [1.54, 1.807) is 0 Å². The molecule has 0 unspecified atom stereocenters. The number of amides is 3. The van der Waals surface area contributed by atoms with Crippen LogP contribution in [0.2, 0.25) is 0 Å². The van der Waals surface area contributed by atoms with Gasteiger partial charge in [-0.25, -0.2) is 0 Å². The molecule has 0 spiro atoms. The van der Waals surface area contributed by atoms with Crippen molar-refractivity contribution < 1.29 is 23.9 Å². The van der Waals surface area contributed by atoms with Gasteiger partial charge in [-0.3, -0.25) is 24.1 Å². The average molecular weight is 328 g/mol. The summed E-state index contributed by atoms with van der Waals surface area (Å²) < 4.78 is 4.37. The number of likely N-dealkylation sites (tertiary alicyclic amines) is 1. The Balaban J connectivity index is 2.20. The number of hydrogen-bond donors (Lipinski definition) is 3. The Labute approximate surface area is 135 Å². The van der Waals surface area contributed by atoms with Gasteiger partial charge in [0.2, 0.25) is 17.7 Å². The van der Waals surface area contributed by atoms with Crippen LogP contribution in [0.25, 0.3) is 0 Å². The van der Waals surface area contributed by atoms with Crippen molar-refractivity contribution in [3.8, 4) is 0 Å². The first kappa shape index (κ1) is 18.9. The van der Waals surface area contributed by atoms with Crippen molar-refractivity contribution >= 4 is 23.7 Å². The maximum Gasteiger partial charge on any atom is 0.325 e. The van der Waals surface area contributed by atoms with Crippen LogP contribution < -0.4 is 16.0 Å². The predicted molar refractivity (Wildman–Crippen MR) is 81.3 cm³/mol. The van der Waals surface area contributed by atoms with Crippen LogP contribution in [0.1, 0.15) is 19.8 Å². The third-order valence-electron chi connectivity index (χ3n) is 3.60. The van der Waals surface area contributed by atoms with Crippen LogP contribution in [-0.4, -0.2) is 74.5 Å². The molecule has 1 aliphatic heterocycles. The topological polar surface area (TPSA) is 117 Å². The minimum absolute atomic E-state index is 0.172. The molecule has 1 aliphatic rings. The molecule has 1 atom stereocenters. The molecule has 1 saturated heterocycles. The van der Waals surface area contributed by atoms with Crippen molar-refractivity contribution in [3.05, 3.63) is 0 Å². The van der Waals surface area contributed by atoms with E-state index >= 15 is 0 Å². The van der Waals surface area contributed by atoms with Gasteiger partial charge in [0.25, 0.3) is 0 Å². The molecule has 1 fully saturated rings. The molecular weight excluding hydrogens is 304 g/mol. The fourth-order valence-corrected chi connectivity index (χ4v) is 2.33. The average Bonchev–Trinajstić information content (AvgIpc) is 3.04. The number of ether oxygens (including phenoxy) is 1. The van der Waals surface area contributed by atoms with Crippen LogP contribution in [0.4, 0.5) is 0 Å². The molecule has 0 aromatic carbocycles. The molecule has 130 valence electrons. The zero-order valence-corrected chi connectivity index (χ0v) is 13.5. The van der Waals surface area contributed by atoms with Crippen LogP contribution in [0.5, 0.6) is 0 Å². The Bertz CT molecular complexity index is 454. The van der Waals surface area contributed by atoms with Gasteiger partial charge in [0.1, 0.15) is 6.54 Å². The van der Waals surface area contributed by atoms with Gasteiger partial charge in [0, 0.05) is 0 Å². The molecule has 3 N–H and O–H groups in total. The summed E-state index contributed by atoms with van der Waals surface area (Å²) in [4.78, 5) is 47.9. The van der Waals surface area contributed by atoms with Crippen molar-refractivity contribution in [1.82, 2.24) is 20.9 Å². The second kappa shape index (κ2) is 9.78. The molecule has 0 radical (unpaired) electrons. The lowest BCUT2D eigenvalue weighted by atomic mass is 10.2. The number of methoxy groups -OCH3 is 1. The summed E-state index contributed by atoms with van der Waals surface area (Å²) in [5.41, 5.74) is 0. The Kier molecular flexibility index (Phi) is 8.03. The number of esters is 1. The number of carbonyl (C=O) groups is 4. The largest absolute Gasteiger partial charge is 0.468 e.